The Morgan fingerprint density at radius 2 is 2.17 bits per heavy atom. The minimum Gasteiger partial charge on any atom is -0.356 e. The van der Waals surface area contributed by atoms with E-state index in [4.69, 9.17) is 0 Å². The zero-order valence-electron chi connectivity index (χ0n) is 11.9. The summed E-state index contributed by atoms with van der Waals surface area (Å²) in [6.07, 6.45) is 5.88. The number of aryl methyl sites for hydroxylation is 1. The molecule has 1 aromatic rings. The third kappa shape index (κ3) is 2.99. The summed E-state index contributed by atoms with van der Waals surface area (Å²) in [5.74, 6) is 1.95. The first-order chi connectivity index (χ1) is 8.58. The Labute approximate surface area is 110 Å². The first kappa shape index (κ1) is 13.3. The standard InChI is InChI=1S/C14H24N4/c1-10(2)15-8-12-9-16-11(3)17-14(12)18(4)13-6-5-7-13/h9-10,13,15H,5-8H2,1-4H3. The van der Waals surface area contributed by atoms with E-state index in [2.05, 4.69) is 41.1 Å². The minimum absolute atomic E-state index is 0.480. The third-order valence-corrected chi connectivity index (χ3v) is 3.62. The molecule has 0 saturated heterocycles. The van der Waals surface area contributed by atoms with E-state index < -0.39 is 0 Å². The van der Waals surface area contributed by atoms with Crippen LogP contribution in [0, 0.1) is 6.92 Å². The van der Waals surface area contributed by atoms with Gasteiger partial charge in [0.25, 0.3) is 0 Å². The van der Waals surface area contributed by atoms with E-state index >= 15 is 0 Å². The van der Waals surface area contributed by atoms with Crippen LogP contribution in [0.2, 0.25) is 0 Å². The molecule has 1 heterocycles. The molecule has 1 fully saturated rings. The second-order valence-corrected chi connectivity index (χ2v) is 5.50. The number of nitrogens with one attached hydrogen (secondary N) is 1. The molecular formula is C14H24N4. The highest BCUT2D eigenvalue weighted by Gasteiger charge is 2.24. The van der Waals surface area contributed by atoms with Crippen LogP contribution in [-0.4, -0.2) is 29.1 Å². The van der Waals surface area contributed by atoms with Crippen LogP contribution in [0.1, 0.15) is 44.5 Å². The van der Waals surface area contributed by atoms with Crippen molar-refractivity contribution in [2.24, 2.45) is 0 Å². The van der Waals surface area contributed by atoms with Gasteiger partial charge in [-0.3, -0.25) is 0 Å². The molecule has 0 amide bonds. The molecule has 0 aromatic carbocycles. The van der Waals surface area contributed by atoms with Gasteiger partial charge in [-0.1, -0.05) is 13.8 Å². The van der Waals surface area contributed by atoms with Crippen molar-refractivity contribution in [3.63, 3.8) is 0 Å². The molecule has 1 saturated carbocycles. The Bertz CT molecular complexity index is 399. The van der Waals surface area contributed by atoms with Crippen molar-refractivity contribution in [3.8, 4) is 0 Å². The molecule has 0 bridgehead atoms. The summed E-state index contributed by atoms with van der Waals surface area (Å²) in [5.41, 5.74) is 1.20. The second-order valence-electron chi connectivity index (χ2n) is 5.50. The van der Waals surface area contributed by atoms with Crippen molar-refractivity contribution in [2.45, 2.75) is 58.7 Å². The van der Waals surface area contributed by atoms with Crippen LogP contribution < -0.4 is 10.2 Å². The lowest BCUT2D eigenvalue weighted by Gasteiger charge is -2.36. The van der Waals surface area contributed by atoms with E-state index in [9.17, 15) is 0 Å². The Balaban J connectivity index is 2.16. The van der Waals surface area contributed by atoms with Crippen molar-refractivity contribution in [1.82, 2.24) is 15.3 Å². The van der Waals surface area contributed by atoms with Gasteiger partial charge in [0.15, 0.2) is 0 Å². The van der Waals surface area contributed by atoms with Crippen molar-refractivity contribution in [1.29, 1.82) is 0 Å². The quantitative estimate of drug-likeness (QED) is 0.868. The molecule has 1 aliphatic carbocycles. The third-order valence-electron chi connectivity index (χ3n) is 3.62. The predicted molar refractivity (Wildman–Crippen MR) is 74.8 cm³/mol. The van der Waals surface area contributed by atoms with Gasteiger partial charge in [-0.25, -0.2) is 9.97 Å². The number of nitrogens with zero attached hydrogens (tertiary/aromatic N) is 3. The van der Waals surface area contributed by atoms with Crippen LogP contribution in [0.15, 0.2) is 6.20 Å². The fraction of sp³-hybridized carbons (Fsp3) is 0.714. The van der Waals surface area contributed by atoms with Crippen LogP contribution in [0.5, 0.6) is 0 Å². The highest BCUT2D eigenvalue weighted by Crippen LogP contribution is 2.28. The number of anilines is 1. The van der Waals surface area contributed by atoms with Gasteiger partial charge in [0.1, 0.15) is 11.6 Å². The Morgan fingerprint density at radius 3 is 2.72 bits per heavy atom. The Hall–Kier alpha value is -1.16. The van der Waals surface area contributed by atoms with E-state index in [1.807, 2.05) is 13.1 Å². The lowest BCUT2D eigenvalue weighted by molar-refractivity contribution is 0.398. The maximum atomic E-state index is 4.63. The maximum absolute atomic E-state index is 4.63. The molecule has 100 valence electrons. The summed E-state index contributed by atoms with van der Waals surface area (Å²) in [4.78, 5) is 11.3. The number of hydrogen-bond donors (Lipinski definition) is 1. The van der Waals surface area contributed by atoms with E-state index in [0.29, 0.717) is 12.1 Å². The molecular weight excluding hydrogens is 224 g/mol. The van der Waals surface area contributed by atoms with Crippen molar-refractivity contribution < 1.29 is 0 Å². The van der Waals surface area contributed by atoms with Gasteiger partial charge in [-0.2, -0.15) is 0 Å². The zero-order chi connectivity index (χ0) is 13.1. The van der Waals surface area contributed by atoms with E-state index in [-0.39, 0.29) is 0 Å². The van der Waals surface area contributed by atoms with Crippen LogP contribution in [0.4, 0.5) is 5.82 Å². The van der Waals surface area contributed by atoms with Gasteiger partial charge >= 0.3 is 0 Å². The molecule has 0 unspecified atom stereocenters. The molecule has 0 radical (unpaired) electrons. The smallest absolute Gasteiger partial charge is 0.136 e. The van der Waals surface area contributed by atoms with Gasteiger partial charge in [-0.15, -0.1) is 0 Å². The SMILES string of the molecule is Cc1ncc(CNC(C)C)c(N(C)C2CCC2)n1. The zero-order valence-corrected chi connectivity index (χ0v) is 11.9. The van der Waals surface area contributed by atoms with Crippen LogP contribution in [-0.2, 0) is 6.54 Å². The first-order valence-corrected chi connectivity index (χ1v) is 6.86. The Morgan fingerprint density at radius 1 is 1.44 bits per heavy atom. The summed E-state index contributed by atoms with van der Waals surface area (Å²) < 4.78 is 0. The molecule has 4 heteroatoms. The highest BCUT2D eigenvalue weighted by molar-refractivity contribution is 5.46. The molecule has 1 N–H and O–H groups in total. The minimum atomic E-state index is 0.480. The van der Waals surface area contributed by atoms with Gasteiger partial charge in [0.05, 0.1) is 0 Å². The van der Waals surface area contributed by atoms with Gasteiger partial charge < -0.3 is 10.2 Å². The van der Waals surface area contributed by atoms with Crippen molar-refractivity contribution >= 4 is 5.82 Å². The first-order valence-electron chi connectivity index (χ1n) is 6.86. The van der Waals surface area contributed by atoms with Crippen molar-refractivity contribution in [3.05, 3.63) is 17.6 Å². The van der Waals surface area contributed by atoms with Crippen molar-refractivity contribution in [2.75, 3.05) is 11.9 Å². The lowest BCUT2D eigenvalue weighted by Crippen LogP contribution is -2.38. The monoisotopic (exact) mass is 248 g/mol. The van der Waals surface area contributed by atoms with Crippen LogP contribution in [0.25, 0.3) is 0 Å². The average Bonchev–Trinajstić information content (AvgIpc) is 2.24. The molecule has 2 rings (SSSR count). The normalized spacial score (nSPS) is 15.8. The van der Waals surface area contributed by atoms with E-state index in [0.717, 1.165) is 18.2 Å². The number of rotatable bonds is 5. The lowest BCUT2D eigenvalue weighted by atomic mass is 9.91. The molecule has 1 aromatic heterocycles. The van der Waals surface area contributed by atoms with Crippen LogP contribution >= 0.6 is 0 Å². The molecule has 4 nitrogen and oxygen atoms in total. The predicted octanol–water partition coefficient (Wildman–Crippen LogP) is 2.27. The fourth-order valence-corrected chi connectivity index (χ4v) is 2.17. The molecule has 0 atom stereocenters. The number of hydrogen-bond acceptors (Lipinski definition) is 4. The van der Waals surface area contributed by atoms with Crippen LogP contribution in [0.3, 0.4) is 0 Å². The molecule has 0 spiro atoms. The van der Waals surface area contributed by atoms with Gasteiger partial charge in [0, 0.05) is 37.4 Å². The molecule has 18 heavy (non-hydrogen) atoms. The maximum Gasteiger partial charge on any atom is 0.136 e. The summed E-state index contributed by atoms with van der Waals surface area (Å²) in [5, 5.41) is 3.44. The topological polar surface area (TPSA) is 41.1 Å². The molecule has 1 aliphatic rings. The summed E-state index contributed by atoms with van der Waals surface area (Å²) >= 11 is 0. The summed E-state index contributed by atoms with van der Waals surface area (Å²) in [6, 6.07) is 1.14. The summed E-state index contributed by atoms with van der Waals surface area (Å²) in [7, 11) is 2.16. The molecule has 0 aliphatic heterocycles. The largest absolute Gasteiger partial charge is 0.356 e. The number of aromatic nitrogens is 2. The van der Waals surface area contributed by atoms with Gasteiger partial charge in [-0.05, 0) is 26.2 Å². The van der Waals surface area contributed by atoms with E-state index in [1.165, 1.54) is 24.8 Å². The Kier molecular flexibility index (Phi) is 4.17. The highest BCUT2D eigenvalue weighted by atomic mass is 15.2. The van der Waals surface area contributed by atoms with E-state index in [1.54, 1.807) is 0 Å². The fourth-order valence-electron chi connectivity index (χ4n) is 2.17. The summed E-state index contributed by atoms with van der Waals surface area (Å²) in [6.45, 7) is 7.11. The van der Waals surface area contributed by atoms with Gasteiger partial charge in [0.2, 0.25) is 0 Å². The average molecular weight is 248 g/mol. The second kappa shape index (κ2) is 5.65.